The van der Waals surface area contributed by atoms with Crippen LogP contribution >= 0.6 is 0 Å². The number of urea groups is 1. The molecule has 1 aromatic rings. The number of aryl methyl sites for hydroxylation is 1. The van der Waals surface area contributed by atoms with Crippen LogP contribution in [0.5, 0.6) is 0 Å². The molecule has 0 saturated carbocycles. The molecule has 0 aliphatic carbocycles. The first-order chi connectivity index (χ1) is 9.31. The topological polar surface area (TPSA) is 69.6 Å². The van der Waals surface area contributed by atoms with E-state index >= 15 is 0 Å². The number of carbonyl (C=O) groups is 2. The predicted octanol–water partition coefficient (Wildman–Crippen LogP) is 2.64. The van der Waals surface area contributed by atoms with Gasteiger partial charge in [0.15, 0.2) is 0 Å². The molecule has 1 atom stereocenters. The summed E-state index contributed by atoms with van der Waals surface area (Å²) in [7, 11) is 1.62. The van der Waals surface area contributed by atoms with Crippen molar-refractivity contribution >= 4 is 17.7 Å². The van der Waals surface area contributed by atoms with Crippen molar-refractivity contribution in [3.05, 3.63) is 29.8 Å². The van der Waals surface area contributed by atoms with E-state index in [9.17, 15) is 9.59 Å². The molecule has 2 N–H and O–H groups in total. The highest BCUT2D eigenvalue weighted by Gasteiger charge is 2.23. The Labute approximate surface area is 119 Å². The molecular formula is C15H22N2O3. The first kappa shape index (κ1) is 16.0. The Morgan fingerprint density at radius 3 is 2.50 bits per heavy atom. The number of carboxylic acids is 1. The molecule has 0 saturated heterocycles. The summed E-state index contributed by atoms with van der Waals surface area (Å²) < 4.78 is 0. The number of amides is 2. The normalized spacial score (nSPS) is 12.1. The maximum atomic E-state index is 12.1. The fraction of sp³-hybridized carbons (Fsp3) is 0.467. The number of aliphatic carboxylic acids is 1. The lowest BCUT2D eigenvalue weighted by Gasteiger charge is -2.22. The zero-order valence-electron chi connectivity index (χ0n) is 12.4. The van der Waals surface area contributed by atoms with Gasteiger partial charge in [0.25, 0.3) is 0 Å². The van der Waals surface area contributed by atoms with Gasteiger partial charge >= 0.3 is 12.0 Å². The third kappa shape index (κ3) is 4.57. The summed E-state index contributed by atoms with van der Waals surface area (Å²) in [5.74, 6) is -0.814. The molecule has 2 amide bonds. The number of benzene rings is 1. The molecule has 0 heterocycles. The standard InChI is InChI=1S/C15H22N2O3/c1-10(2)8-13(14(18)19)16-15(20)17(4)12-7-5-6-11(3)9-12/h5-7,9-10,13H,8H2,1-4H3,(H,16,20)(H,18,19). The van der Waals surface area contributed by atoms with Gasteiger partial charge in [-0.1, -0.05) is 26.0 Å². The maximum absolute atomic E-state index is 12.1. The number of rotatable bonds is 5. The largest absolute Gasteiger partial charge is 0.480 e. The number of hydrogen-bond acceptors (Lipinski definition) is 2. The summed E-state index contributed by atoms with van der Waals surface area (Å²) >= 11 is 0. The fourth-order valence-electron chi connectivity index (χ4n) is 1.89. The van der Waals surface area contributed by atoms with Crippen LogP contribution in [-0.2, 0) is 4.79 Å². The molecule has 0 radical (unpaired) electrons. The van der Waals surface area contributed by atoms with E-state index in [0.717, 1.165) is 11.3 Å². The molecular weight excluding hydrogens is 256 g/mol. The van der Waals surface area contributed by atoms with E-state index in [2.05, 4.69) is 5.32 Å². The van der Waals surface area contributed by atoms with Crippen LogP contribution in [0.15, 0.2) is 24.3 Å². The Bertz CT molecular complexity index is 486. The molecule has 0 bridgehead atoms. The van der Waals surface area contributed by atoms with E-state index in [4.69, 9.17) is 5.11 Å². The van der Waals surface area contributed by atoms with Crippen LogP contribution in [0.1, 0.15) is 25.8 Å². The maximum Gasteiger partial charge on any atom is 0.326 e. The molecule has 20 heavy (non-hydrogen) atoms. The molecule has 5 nitrogen and oxygen atoms in total. The SMILES string of the molecule is Cc1cccc(N(C)C(=O)NC(CC(C)C)C(=O)O)c1. The van der Waals surface area contributed by atoms with E-state index in [-0.39, 0.29) is 5.92 Å². The second kappa shape index (κ2) is 6.93. The van der Waals surface area contributed by atoms with Crippen molar-refractivity contribution in [2.24, 2.45) is 5.92 Å². The molecule has 1 aromatic carbocycles. The number of nitrogens with zero attached hydrogens (tertiary/aromatic N) is 1. The fourth-order valence-corrected chi connectivity index (χ4v) is 1.89. The Morgan fingerprint density at radius 2 is 2.00 bits per heavy atom. The third-order valence-corrected chi connectivity index (χ3v) is 3.00. The Kier molecular flexibility index (Phi) is 5.55. The number of hydrogen-bond donors (Lipinski definition) is 2. The lowest BCUT2D eigenvalue weighted by molar-refractivity contribution is -0.139. The van der Waals surface area contributed by atoms with Crippen molar-refractivity contribution in [1.82, 2.24) is 5.32 Å². The van der Waals surface area contributed by atoms with Crippen molar-refractivity contribution in [2.45, 2.75) is 33.2 Å². The second-order valence-corrected chi connectivity index (χ2v) is 5.37. The van der Waals surface area contributed by atoms with Gasteiger partial charge in [-0.05, 0) is 37.0 Å². The molecule has 0 aliphatic rings. The van der Waals surface area contributed by atoms with Crippen LogP contribution in [0.3, 0.4) is 0 Å². The van der Waals surface area contributed by atoms with Crippen LogP contribution in [0.25, 0.3) is 0 Å². The van der Waals surface area contributed by atoms with Gasteiger partial charge in [-0.2, -0.15) is 0 Å². The lowest BCUT2D eigenvalue weighted by atomic mass is 10.0. The summed E-state index contributed by atoms with van der Waals surface area (Å²) in [5.41, 5.74) is 1.77. The van der Waals surface area contributed by atoms with Crippen LogP contribution in [0, 0.1) is 12.8 Å². The van der Waals surface area contributed by atoms with E-state index in [1.807, 2.05) is 45.0 Å². The summed E-state index contributed by atoms with van der Waals surface area (Å²) in [6.07, 6.45) is 0.405. The van der Waals surface area contributed by atoms with E-state index < -0.39 is 18.0 Å². The van der Waals surface area contributed by atoms with Gasteiger partial charge in [-0.25, -0.2) is 9.59 Å². The minimum atomic E-state index is -1.01. The molecule has 0 spiro atoms. The summed E-state index contributed by atoms with van der Waals surface area (Å²) in [5, 5.41) is 11.7. The van der Waals surface area contributed by atoms with Crippen LogP contribution in [0.2, 0.25) is 0 Å². The van der Waals surface area contributed by atoms with Gasteiger partial charge in [-0.3, -0.25) is 4.90 Å². The first-order valence-electron chi connectivity index (χ1n) is 6.65. The highest BCUT2D eigenvalue weighted by atomic mass is 16.4. The monoisotopic (exact) mass is 278 g/mol. The summed E-state index contributed by atoms with van der Waals surface area (Å²) in [6, 6.07) is 6.20. The molecule has 0 aromatic heterocycles. The van der Waals surface area contributed by atoms with E-state index in [1.165, 1.54) is 4.90 Å². The molecule has 1 unspecified atom stereocenters. The van der Waals surface area contributed by atoms with Gasteiger partial charge in [0, 0.05) is 12.7 Å². The van der Waals surface area contributed by atoms with Gasteiger partial charge in [-0.15, -0.1) is 0 Å². The van der Waals surface area contributed by atoms with Crippen molar-refractivity contribution in [2.75, 3.05) is 11.9 Å². The third-order valence-electron chi connectivity index (χ3n) is 3.00. The van der Waals surface area contributed by atoms with Crippen molar-refractivity contribution in [1.29, 1.82) is 0 Å². The van der Waals surface area contributed by atoms with Gasteiger partial charge in [0.2, 0.25) is 0 Å². The molecule has 110 valence electrons. The number of carboxylic acid groups (broad SMARTS) is 1. The second-order valence-electron chi connectivity index (χ2n) is 5.37. The molecule has 0 aliphatic heterocycles. The first-order valence-corrected chi connectivity index (χ1v) is 6.65. The summed E-state index contributed by atoms with van der Waals surface area (Å²) in [4.78, 5) is 24.7. The summed E-state index contributed by atoms with van der Waals surface area (Å²) in [6.45, 7) is 5.78. The van der Waals surface area contributed by atoms with Crippen LogP contribution < -0.4 is 10.2 Å². The van der Waals surface area contributed by atoms with Crippen molar-refractivity contribution in [3.63, 3.8) is 0 Å². The average molecular weight is 278 g/mol. The quantitative estimate of drug-likeness (QED) is 0.870. The molecule has 1 rings (SSSR count). The zero-order valence-corrected chi connectivity index (χ0v) is 12.4. The van der Waals surface area contributed by atoms with Gasteiger partial charge in [0.05, 0.1) is 0 Å². The molecule has 5 heteroatoms. The van der Waals surface area contributed by atoms with Crippen molar-refractivity contribution in [3.8, 4) is 0 Å². The highest BCUT2D eigenvalue weighted by Crippen LogP contribution is 2.15. The minimum Gasteiger partial charge on any atom is -0.480 e. The Morgan fingerprint density at radius 1 is 1.35 bits per heavy atom. The predicted molar refractivity (Wildman–Crippen MR) is 79.0 cm³/mol. The minimum absolute atomic E-state index is 0.195. The van der Waals surface area contributed by atoms with Gasteiger partial charge in [0.1, 0.15) is 6.04 Å². The van der Waals surface area contributed by atoms with E-state index in [1.54, 1.807) is 7.05 Å². The number of anilines is 1. The smallest absolute Gasteiger partial charge is 0.326 e. The lowest BCUT2D eigenvalue weighted by Crippen LogP contribution is -2.47. The number of carbonyl (C=O) groups excluding carboxylic acids is 1. The Balaban J connectivity index is 2.76. The molecule has 0 fully saturated rings. The highest BCUT2D eigenvalue weighted by molar-refractivity contribution is 5.94. The van der Waals surface area contributed by atoms with Crippen LogP contribution in [0.4, 0.5) is 10.5 Å². The van der Waals surface area contributed by atoms with E-state index in [0.29, 0.717) is 6.42 Å². The average Bonchev–Trinajstić information content (AvgIpc) is 2.36. The van der Waals surface area contributed by atoms with Crippen LogP contribution in [-0.4, -0.2) is 30.2 Å². The van der Waals surface area contributed by atoms with Gasteiger partial charge < -0.3 is 10.4 Å². The number of nitrogens with one attached hydrogen (secondary N) is 1. The zero-order chi connectivity index (χ0) is 15.3. The Hall–Kier alpha value is -2.04. The van der Waals surface area contributed by atoms with Crippen molar-refractivity contribution < 1.29 is 14.7 Å².